The van der Waals surface area contributed by atoms with E-state index in [4.69, 9.17) is 4.74 Å². The summed E-state index contributed by atoms with van der Waals surface area (Å²) in [7, 11) is 1.51. The minimum absolute atomic E-state index is 0.0292. The van der Waals surface area contributed by atoms with Crippen molar-refractivity contribution in [1.82, 2.24) is 0 Å². The molecule has 2 atom stereocenters. The number of nitrogens with one attached hydrogen (secondary N) is 2. The first-order chi connectivity index (χ1) is 12.3. The molecule has 2 saturated carbocycles. The molecular weight excluding hydrogens is 336 g/mol. The predicted molar refractivity (Wildman–Crippen MR) is 96.0 cm³/mol. The summed E-state index contributed by atoms with van der Waals surface area (Å²) in [4.78, 5) is 35.9. The molecule has 1 aromatic carbocycles. The van der Waals surface area contributed by atoms with Crippen molar-refractivity contribution in [2.24, 2.45) is 23.2 Å². The van der Waals surface area contributed by atoms with Crippen molar-refractivity contribution in [2.45, 2.75) is 33.1 Å². The molecule has 140 valence electrons. The SMILES string of the molecule is COc1ccc(NC(=O)[C@H]2[C@@H](C(=O)O)C2(C)C)cc1NC(=O)C1CCC1. The lowest BCUT2D eigenvalue weighted by Crippen LogP contribution is -2.28. The summed E-state index contributed by atoms with van der Waals surface area (Å²) in [5.74, 6) is -2.06. The van der Waals surface area contributed by atoms with Crippen molar-refractivity contribution in [2.75, 3.05) is 17.7 Å². The van der Waals surface area contributed by atoms with Crippen molar-refractivity contribution in [3.05, 3.63) is 18.2 Å². The number of ether oxygens (including phenoxy) is 1. The molecule has 26 heavy (non-hydrogen) atoms. The molecule has 2 amide bonds. The molecule has 0 aromatic heterocycles. The Labute approximate surface area is 152 Å². The summed E-state index contributed by atoms with van der Waals surface area (Å²) in [5.41, 5.74) is 0.419. The third-order valence-electron chi connectivity index (χ3n) is 5.58. The lowest BCUT2D eigenvalue weighted by molar-refractivity contribution is -0.140. The van der Waals surface area contributed by atoms with E-state index in [1.165, 1.54) is 7.11 Å². The minimum atomic E-state index is -0.960. The maximum Gasteiger partial charge on any atom is 0.307 e. The predicted octanol–water partition coefficient (Wildman–Crippen LogP) is 2.73. The molecule has 2 aliphatic carbocycles. The third-order valence-corrected chi connectivity index (χ3v) is 5.58. The van der Waals surface area contributed by atoms with Crippen molar-refractivity contribution in [3.8, 4) is 5.75 Å². The van der Waals surface area contributed by atoms with Gasteiger partial charge in [0.25, 0.3) is 0 Å². The number of anilines is 2. The Kier molecular flexibility index (Phi) is 4.64. The van der Waals surface area contributed by atoms with Crippen LogP contribution in [0.4, 0.5) is 11.4 Å². The van der Waals surface area contributed by atoms with Crippen LogP contribution in [0.3, 0.4) is 0 Å². The average Bonchev–Trinajstić information content (AvgIpc) is 3.09. The highest BCUT2D eigenvalue weighted by molar-refractivity contribution is 6.01. The van der Waals surface area contributed by atoms with E-state index in [-0.39, 0.29) is 17.7 Å². The number of hydrogen-bond donors (Lipinski definition) is 3. The van der Waals surface area contributed by atoms with E-state index in [1.807, 2.05) is 0 Å². The Hall–Kier alpha value is -2.57. The number of amides is 2. The molecule has 0 bridgehead atoms. The van der Waals surface area contributed by atoms with Crippen molar-refractivity contribution >= 4 is 29.2 Å². The largest absolute Gasteiger partial charge is 0.495 e. The van der Waals surface area contributed by atoms with E-state index in [0.29, 0.717) is 17.1 Å². The first-order valence-electron chi connectivity index (χ1n) is 8.78. The topological polar surface area (TPSA) is 105 Å². The highest BCUT2D eigenvalue weighted by Crippen LogP contribution is 2.58. The highest BCUT2D eigenvalue weighted by Gasteiger charge is 2.65. The van der Waals surface area contributed by atoms with Crippen LogP contribution in [0, 0.1) is 23.2 Å². The van der Waals surface area contributed by atoms with Gasteiger partial charge in [0.1, 0.15) is 5.75 Å². The van der Waals surface area contributed by atoms with Crippen LogP contribution in [0.5, 0.6) is 5.75 Å². The second-order valence-corrected chi connectivity index (χ2v) is 7.64. The van der Waals surface area contributed by atoms with Crippen LogP contribution < -0.4 is 15.4 Å². The van der Waals surface area contributed by atoms with Gasteiger partial charge in [0.05, 0.1) is 24.6 Å². The van der Waals surface area contributed by atoms with Gasteiger partial charge in [-0.25, -0.2) is 0 Å². The van der Waals surface area contributed by atoms with Crippen LogP contribution in [0.2, 0.25) is 0 Å². The Balaban J connectivity index is 1.72. The van der Waals surface area contributed by atoms with Gasteiger partial charge in [0.2, 0.25) is 11.8 Å². The fourth-order valence-corrected chi connectivity index (χ4v) is 3.60. The summed E-state index contributed by atoms with van der Waals surface area (Å²) in [6.07, 6.45) is 2.84. The zero-order valence-electron chi connectivity index (χ0n) is 15.2. The van der Waals surface area contributed by atoms with Crippen molar-refractivity contribution in [1.29, 1.82) is 0 Å². The van der Waals surface area contributed by atoms with Gasteiger partial charge in [-0.3, -0.25) is 14.4 Å². The number of benzene rings is 1. The Morgan fingerprint density at radius 1 is 1.12 bits per heavy atom. The standard InChI is InChI=1S/C19H24N2O5/c1-19(2)14(15(19)18(24)25)17(23)20-11-7-8-13(26-3)12(9-11)21-16(22)10-5-4-6-10/h7-10,14-15H,4-6H2,1-3H3,(H,20,23)(H,21,22)(H,24,25)/t14-,15+/m1/s1. The van der Waals surface area contributed by atoms with E-state index >= 15 is 0 Å². The molecule has 3 N–H and O–H groups in total. The molecule has 0 saturated heterocycles. The van der Waals surface area contributed by atoms with Gasteiger partial charge >= 0.3 is 5.97 Å². The van der Waals surface area contributed by atoms with Gasteiger partial charge in [0, 0.05) is 11.6 Å². The fraction of sp³-hybridized carbons (Fsp3) is 0.526. The lowest BCUT2D eigenvalue weighted by atomic mass is 9.85. The van der Waals surface area contributed by atoms with E-state index in [1.54, 1.807) is 32.0 Å². The Morgan fingerprint density at radius 3 is 2.31 bits per heavy atom. The number of carbonyl (C=O) groups excluding carboxylic acids is 2. The number of carboxylic acids is 1. The van der Waals surface area contributed by atoms with Crippen molar-refractivity contribution in [3.63, 3.8) is 0 Å². The summed E-state index contributed by atoms with van der Waals surface area (Å²) < 4.78 is 5.27. The summed E-state index contributed by atoms with van der Waals surface area (Å²) in [6.45, 7) is 3.54. The molecular formula is C19H24N2O5. The molecule has 7 nitrogen and oxygen atoms in total. The summed E-state index contributed by atoms with van der Waals surface area (Å²) in [6, 6.07) is 4.97. The quantitative estimate of drug-likeness (QED) is 0.723. The average molecular weight is 360 g/mol. The molecule has 3 rings (SSSR count). The van der Waals surface area contributed by atoms with Gasteiger partial charge in [-0.05, 0) is 36.5 Å². The van der Waals surface area contributed by atoms with Gasteiger partial charge in [0.15, 0.2) is 0 Å². The van der Waals surface area contributed by atoms with E-state index in [0.717, 1.165) is 19.3 Å². The van der Waals surface area contributed by atoms with Crippen molar-refractivity contribution < 1.29 is 24.2 Å². The van der Waals surface area contributed by atoms with Crippen LogP contribution in [-0.4, -0.2) is 30.0 Å². The van der Waals surface area contributed by atoms with Gasteiger partial charge < -0.3 is 20.5 Å². The maximum atomic E-state index is 12.5. The first kappa shape index (κ1) is 18.2. The second-order valence-electron chi connectivity index (χ2n) is 7.64. The van der Waals surface area contributed by atoms with Gasteiger partial charge in [-0.1, -0.05) is 20.3 Å². The zero-order valence-corrected chi connectivity index (χ0v) is 15.2. The summed E-state index contributed by atoms with van der Waals surface area (Å²) in [5, 5.41) is 14.8. The van der Waals surface area contributed by atoms with Crippen LogP contribution in [-0.2, 0) is 14.4 Å². The third kappa shape index (κ3) is 3.25. The first-order valence-corrected chi connectivity index (χ1v) is 8.78. The molecule has 1 aromatic rings. The number of hydrogen-bond acceptors (Lipinski definition) is 4. The van der Waals surface area contributed by atoms with E-state index in [2.05, 4.69) is 10.6 Å². The van der Waals surface area contributed by atoms with E-state index < -0.39 is 23.2 Å². The monoisotopic (exact) mass is 360 g/mol. The molecule has 7 heteroatoms. The molecule has 0 aliphatic heterocycles. The normalized spacial score (nSPS) is 23.5. The molecule has 0 spiro atoms. The zero-order chi connectivity index (χ0) is 19.1. The van der Waals surface area contributed by atoms with Crippen LogP contribution >= 0.6 is 0 Å². The molecule has 2 aliphatic rings. The number of rotatable bonds is 6. The smallest absolute Gasteiger partial charge is 0.307 e. The minimum Gasteiger partial charge on any atom is -0.495 e. The van der Waals surface area contributed by atoms with Gasteiger partial charge in [-0.2, -0.15) is 0 Å². The number of carboxylic acid groups (broad SMARTS) is 1. The molecule has 0 heterocycles. The molecule has 2 fully saturated rings. The number of aliphatic carboxylic acids is 1. The number of carbonyl (C=O) groups is 3. The Bertz CT molecular complexity index is 754. The maximum absolute atomic E-state index is 12.5. The van der Waals surface area contributed by atoms with Crippen LogP contribution in [0.25, 0.3) is 0 Å². The molecule has 0 unspecified atom stereocenters. The second kappa shape index (κ2) is 6.63. The highest BCUT2D eigenvalue weighted by atomic mass is 16.5. The lowest BCUT2D eigenvalue weighted by Gasteiger charge is -2.24. The fourth-order valence-electron chi connectivity index (χ4n) is 3.60. The number of methoxy groups -OCH3 is 1. The van der Waals surface area contributed by atoms with E-state index in [9.17, 15) is 19.5 Å². The van der Waals surface area contributed by atoms with Gasteiger partial charge in [-0.15, -0.1) is 0 Å². The molecule has 0 radical (unpaired) electrons. The van der Waals surface area contributed by atoms with Crippen LogP contribution in [0.1, 0.15) is 33.1 Å². The van der Waals surface area contributed by atoms with Crippen LogP contribution in [0.15, 0.2) is 18.2 Å². The Morgan fingerprint density at radius 2 is 1.81 bits per heavy atom. The summed E-state index contributed by atoms with van der Waals surface area (Å²) >= 11 is 0.